The van der Waals surface area contributed by atoms with Gasteiger partial charge in [0.05, 0.1) is 25.0 Å². The molecule has 1 amide bonds. The highest BCUT2D eigenvalue weighted by molar-refractivity contribution is 5.90. The number of cyclic esters (lactones) is 1. The van der Waals surface area contributed by atoms with Crippen LogP contribution in [0.3, 0.4) is 0 Å². The van der Waals surface area contributed by atoms with Crippen LogP contribution in [0.15, 0.2) is 48.9 Å². The van der Waals surface area contributed by atoms with Gasteiger partial charge in [-0.3, -0.25) is 4.90 Å². The summed E-state index contributed by atoms with van der Waals surface area (Å²) >= 11 is 0. The normalized spacial score (nSPS) is 16.6. The number of nitrogens with zero attached hydrogens (tertiary/aromatic N) is 7. The smallest absolute Gasteiger partial charge is 0.414 e. The van der Waals surface area contributed by atoms with E-state index in [1.807, 2.05) is 0 Å². The first kappa shape index (κ1) is 17.3. The quantitative estimate of drug-likeness (QED) is 0.529. The molecule has 0 unspecified atom stereocenters. The number of aryl methyl sites for hydroxylation is 1. The average Bonchev–Trinajstić information content (AvgIpc) is 3.41. The molecule has 0 spiro atoms. The van der Waals surface area contributed by atoms with Crippen LogP contribution in [0.5, 0.6) is 0 Å². The first-order valence-corrected chi connectivity index (χ1v) is 9.02. The molecule has 1 aliphatic rings. The van der Waals surface area contributed by atoms with E-state index in [9.17, 15) is 9.18 Å². The molecule has 0 aliphatic carbocycles. The molecule has 1 atom stereocenters. The summed E-state index contributed by atoms with van der Waals surface area (Å²) in [6.45, 7) is 2.50. The zero-order chi connectivity index (χ0) is 20.0. The van der Waals surface area contributed by atoms with Crippen molar-refractivity contribution in [1.82, 2.24) is 29.6 Å². The molecule has 5 rings (SSSR count). The number of anilines is 1. The van der Waals surface area contributed by atoms with Crippen molar-refractivity contribution < 1.29 is 13.9 Å². The second-order valence-electron chi connectivity index (χ2n) is 6.78. The van der Waals surface area contributed by atoms with E-state index in [0.29, 0.717) is 41.4 Å². The minimum absolute atomic E-state index is 0.308. The zero-order valence-electron chi connectivity index (χ0n) is 15.4. The summed E-state index contributed by atoms with van der Waals surface area (Å²) in [5.74, 6) is 0.210. The van der Waals surface area contributed by atoms with E-state index < -0.39 is 11.9 Å². The highest BCUT2D eigenvalue weighted by Gasteiger charge is 2.33. The molecule has 1 aromatic carbocycles. The third-order valence-electron chi connectivity index (χ3n) is 4.76. The highest BCUT2D eigenvalue weighted by atomic mass is 19.1. The molecule has 0 radical (unpaired) electrons. The second-order valence-corrected chi connectivity index (χ2v) is 6.78. The molecule has 4 heterocycles. The number of pyridine rings is 1. The molecular weight excluding hydrogens is 377 g/mol. The van der Waals surface area contributed by atoms with Gasteiger partial charge in [0.25, 0.3) is 0 Å². The summed E-state index contributed by atoms with van der Waals surface area (Å²) in [6.07, 6.45) is 4.09. The number of halogens is 1. The molecular formula is C19H16FN7O2. The fourth-order valence-corrected chi connectivity index (χ4v) is 3.43. The zero-order valence-corrected chi connectivity index (χ0v) is 15.4. The summed E-state index contributed by atoms with van der Waals surface area (Å²) in [5.41, 5.74) is 2.19. The largest absolute Gasteiger partial charge is 0.442 e. The monoisotopic (exact) mass is 393 g/mol. The predicted molar refractivity (Wildman–Crippen MR) is 101 cm³/mol. The number of carbonyl (C=O) groups excluding carboxylic acids is 1. The van der Waals surface area contributed by atoms with Crippen molar-refractivity contribution in [3.05, 3.63) is 60.6 Å². The van der Waals surface area contributed by atoms with Crippen LogP contribution in [-0.4, -0.2) is 48.3 Å². The van der Waals surface area contributed by atoms with Crippen molar-refractivity contribution in [3.8, 4) is 11.1 Å². The standard InChI is InChI=1S/C19H16FN7O2/c1-12-22-18-8-13(4-6-27(18)23-12)16-3-2-14(9-17(16)20)26-11-15(29-19(26)28)10-25-7-5-21-24-25/h2-9,15H,10-11H2,1H3/t15-/m0/s1. The molecule has 0 saturated carbocycles. The average molecular weight is 393 g/mol. The number of fused-ring (bicyclic) bond motifs is 1. The third-order valence-corrected chi connectivity index (χ3v) is 4.76. The molecule has 0 N–H and O–H groups in total. The van der Waals surface area contributed by atoms with Crippen LogP contribution in [0.4, 0.5) is 14.9 Å². The maximum atomic E-state index is 14.9. The fraction of sp³-hybridized carbons (Fsp3) is 0.211. The van der Waals surface area contributed by atoms with Crippen LogP contribution < -0.4 is 4.90 Å². The van der Waals surface area contributed by atoms with Gasteiger partial charge in [-0.05, 0) is 42.8 Å². The van der Waals surface area contributed by atoms with Crippen molar-refractivity contribution >= 4 is 17.4 Å². The Morgan fingerprint density at radius 1 is 1.24 bits per heavy atom. The van der Waals surface area contributed by atoms with Gasteiger partial charge in [0.2, 0.25) is 0 Å². The lowest BCUT2D eigenvalue weighted by atomic mass is 10.1. The third kappa shape index (κ3) is 3.18. The second kappa shape index (κ2) is 6.66. The highest BCUT2D eigenvalue weighted by Crippen LogP contribution is 2.29. The van der Waals surface area contributed by atoms with Gasteiger partial charge in [-0.15, -0.1) is 5.10 Å². The number of hydrogen-bond donors (Lipinski definition) is 0. The Labute approximate surface area is 164 Å². The predicted octanol–water partition coefficient (Wildman–Crippen LogP) is 2.46. The Bertz CT molecular complexity index is 1200. The number of benzene rings is 1. The Hall–Kier alpha value is -3.82. The molecule has 146 valence electrons. The Morgan fingerprint density at radius 2 is 2.14 bits per heavy atom. The first-order valence-electron chi connectivity index (χ1n) is 9.02. The minimum Gasteiger partial charge on any atom is -0.442 e. The summed E-state index contributed by atoms with van der Waals surface area (Å²) in [4.78, 5) is 18.0. The van der Waals surface area contributed by atoms with E-state index in [4.69, 9.17) is 4.74 Å². The number of carbonyl (C=O) groups is 1. The summed E-state index contributed by atoms with van der Waals surface area (Å²) < 4.78 is 23.5. The van der Waals surface area contributed by atoms with Crippen LogP contribution in [0, 0.1) is 12.7 Å². The van der Waals surface area contributed by atoms with Gasteiger partial charge in [0.15, 0.2) is 5.65 Å². The number of hydrogen-bond acceptors (Lipinski definition) is 6. The maximum absolute atomic E-state index is 14.9. The van der Waals surface area contributed by atoms with Gasteiger partial charge >= 0.3 is 6.09 Å². The number of ether oxygens (including phenoxy) is 1. The fourth-order valence-electron chi connectivity index (χ4n) is 3.43. The molecule has 1 fully saturated rings. The van der Waals surface area contributed by atoms with Crippen LogP contribution in [0.1, 0.15) is 5.82 Å². The lowest BCUT2D eigenvalue weighted by molar-refractivity contribution is 0.129. The molecule has 9 nitrogen and oxygen atoms in total. The summed E-state index contributed by atoms with van der Waals surface area (Å²) in [5, 5.41) is 11.8. The SMILES string of the molecule is Cc1nc2cc(-c3ccc(N4C[C@H](Cn5ccnn5)OC4=O)cc3F)ccn2n1. The van der Waals surface area contributed by atoms with E-state index >= 15 is 0 Å². The van der Waals surface area contributed by atoms with Gasteiger partial charge in [0, 0.05) is 18.0 Å². The molecule has 3 aromatic heterocycles. The molecule has 0 bridgehead atoms. The Kier molecular flexibility index (Phi) is 3.97. The first-order chi connectivity index (χ1) is 14.1. The van der Waals surface area contributed by atoms with Gasteiger partial charge in [-0.25, -0.2) is 23.4 Å². The lowest BCUT2D eigenvalue weighted by Crippen LogP contribution is -2.26. The van der Waals surface area contributed by atoms with Gasteiger partial charge < -0.3 is 4.74 Å². The molecule has 1 aliphatic heterocycles. The summed E-state index contributed by atoms with van der Waals surface area (Å²) in [6, 6.07) is 8.25. The number of aromatic nitrogens is 6. The maximum Gasteiger partial charge on any atom is 0.414 e. The van der Waals surface area contributed by atoms with Crippen molar-refractivity contribution in [3.63, 3.8) is 0 Å². The van der Waals surface area contributed by atoms with Crippen LogP contribution >= 0.6 is 0 Å². The van der Waals surface area contributed by atoms with Gasteiger partial charge in [-0.1, -0.05) is 5.21 Å². The van der Waals surface area contributed by atoms with Crippen LogP contribution in [-0.2, 0) is 11.3 Å². The van der Waals surface area contributed by atoms with Gasteiger partial charge in [0.1, 0.15) is 17.7 Å². The Balaban J connectivity index is 1.39. The van der Waals surface area contributed by atoms with Crippen molar-refractivity contribution in [2.24, 2.45) is 0 Å². The van der Waals surface area contributed by atoms with E-state index in [1.165, 1.54) is 11.0 Å². The van der Waals surface area contributed by atoms with Crippen LogP contribution in [0.2, 0.25) is 0 Å². The van der Waals surface area contributed by atoms with E-state index in [0.717, 1.165) is 0 Å². The van der Waals surface area contributed by atoms with Crippen molar-refractivity contribution in [2.75, 3.05) is 11.4 Å². The van der Waals surface area contributed by atoms with Crippen LogP contribution in [0.25, 0.3) is 16.8 Å². The number of rotatable bonds is 4. The Morgan fingerprint density at radius 3 is 2.93 bits per heavy atom. The summed E-state index contributed by atoms with van der Waals surface area (Å²) in [7, 11) is 0. The number of amides is 1. The van der Waals surface area contributed by atoms with Gasteiger partial charge in [-0.2, -0.15) is 5.10 Å². The molecule has 1 saturated heterocycles. The lowest BCUT2D eigenvalue weighted by Gasteiger charge is -2.14. The topological polar surface area (TPSA) is 90.4 Å². The molecule has 10 heteroatoms. The van der Waals surface area contributed by atoms with E-state index in [-0.39, 0.29) is 6.10 Å². The molecule has 4 aromatic rings. The van der Waals surface area contributed by atoms with E-state index in [2.05, 4.69) is 20.4 Å². The van der Waals surface area contributed by atoms with Crippen molar-refractivity contribution in [2.45, 2.75) is 19.6 Å². The van der Waals surface area contributed by atoms with E-state index in [1.54, 1.807) is 59.0 Å². The molecule has 29 heavy (non-hydrogen) atoms. The minimum atomic E-state index is -0.511. The van der Waals surface area contributed by atoms with Crippen molar-refractivity contribution in [1.29, 1.82) is 0 Å².